The Morgan fingerprint density at radius 2 is 1.80 bits per heavy atom. The number of para-hydroxylation sites is 1. The Bertz CT molecular complexity index is 1080. The number of nitrogens with zero attached hydrogens (tertiary/aromatic N) is 3. The molecule has 2 heterocycles. The second kappa shape index (κ2) is 12.9. The second-order valence-electron chi connectivity index (χ2n) is 8.05. The van der Waals surface area contributed by atoms with E-state index in [0.29, 0.717) is 34.4 Å². The first-order valence-corrected chi connectivity index (χ1v) is 12.2. The standard InChI is InChI=1S/C25H31N3O5S.ClH/c1-18-7-4-5-8-19(18)33-17-22(29)28(12-6-11-27-13-15-32-16-14-27)25-26-23-20(30-2)9-10-21(31-3)24(23)34-25;/h4-5,7-10H,6,11-17H2,1-3H3;1H. The fourth-order valence-corrected chi connectivity index (χ4v) is 5.05. The molecule has 0 atom stereocenters. The van der Waals surface area contributed by atoms with E-state index in [9.17, 15) is 4.79 Å². The van der Waals surface area contributed by atoms with Crippen LogP contribution in [0.25, 0.3) is 10.2 Å². The maximum Gasteiger partial charge on any atom is 0.266 e. The van der Waals surface area contributed by atoms with Crippen LogP contribution in [0.5, 0.6) is 17.2 Å². The van der Waals surface area contributed by atoms with E-state index in [-0.39, 0.29) is 24.9 Å². The van der Waals surface area contributed by atoms with E-state index in [0.717, 1.165) is 49.5 Å². The van der Waals surface area contributed by atoms with E-state index in [1.165, 1.54) is 11.3 Å². The highest BCUT2D eigenvalue weighted by Crippen LogP contribution is 2.40. The van der Waals surface area contributed by atoms with Gasteiger partial charge in [-0.2, -0.15) is 0 Å². The first-order valence-electron chi connectivity index (χ1n) is 11.4. The number of hydrogen-bond donors (Lipinski definition) is 0. The summed E-state index contributed by atoms with van der Waals surface area (Å²) in [4.78, 5) is 22.2. The lowest BCUT2D eigenvalue weighted by molar-refractivity contribution is -0.120. The molecule has 0 N–H and O–H groups in total. The Labute approximate surface area is 216 Å². The van der Waals surface area contributed by atoms with Gasteiger partial charge < -0.3 is 18.9 Å². The van der Waals surface area contributed by atoms with Crippen molar-refractivity contribution < 1.29 is 23.7 Å². The van der Waals surface area contributed by atoms with Crippen LogP contribution < -0.4 is 19.1 Å². The zero-order valence-electron chi connectivity index (χ0n) is 20.3. The van der Waals surface area contributed by atoms with E-state index in [1.54, 1.807) is 19.1 Å². The zero-order valence-corrected chi connectivity index (χ0v) is 22.0. The lowest BCUT2D eigenvalue weighted by atomic mass is 10.2. The summed E-state index contributed by atoms with van der Waals surface area (Å²) in [6.07, 6.45) is 0.820. The fourth-order valence-electron chi connectivity index (χ4n) is 3.93. The van der Waals surface area contributed by atoms with Crippen LogP contribution in [-0.2, 0) is 9.53 Å². The predicted octanol–water partition coefficient (Wildman–Crippen LogP) is 4.18. The van der Waals surface area contributed by atoms with Crippen LogP contribution in [0, 0.1) is 6.92 Å². The molecule has 35 heavy (non-hydrogen) atoms. The molecule has 1 aliphatic rings. The Morgan fingerprint density at radius 3 is 2.51 bits per heavy atom. The molecule has 0 spiro atoms. The lowest BCUT2D eigenvalue weighted by Gasteiger charge is -2.27. The van der Waals surface area contributed by atoms with Crippen LogP contribution in [0.2, 0.25) is 0 Å². The summed E-state index contributed by atoms with van der Waals surface area (Å²) >= 11 is 1.43. The lowest BCUT2D eigenvalue weighted by Crippen LogP contribution is -2.40. The third kappa shape index (κ3) is 6.55. The molecule has 4 rings (SSSR count). The number of rotatable bonds is 10. The van der Waals surface area contributed by atoms with Crippen LogP contribution in [-0.4, -0.2) is 76.0 Å². The molecule has 3 aromatic rings. The van der Waals surface area contributed by atoms with Crippen molar-refractivity contribution in [2.75, 3.05) is 65.1 Å². The van der Waals surface area contributed by atoms with E-state index in [4.69, 9.17) is 23.9 Å². The normalized spacial score (nSPS) is 13.8. The van der Waals surface area contributed by atoms with Crippen molar-refractivity contribution in [3.05, 3.63) is 42.0 Å². The Balaban J connectivity index is 0.00000342. The highest BCUT2D eigenvalue weighted by atomic mass is 35.5. The van der Waals surface area contributed by atoms with Crippen molar-refractivity contribution in [1.29, 1.82) is 0 Å². The number of aryl methyl sites for hydroxylation is 1. The number of morpholine rings is 1. The number of carbonyl (C=O) groups excluding carboxylic acids is 1. The molecule has 1 saturated heterocycles. The van der Waals surface area contributed by atoms with Gasteiger partial charge in [0.05, 0.1) is 27.4 Å². The van der Waals surface area contributed by atoms with Crippen LogP contribution in [0.15, 0.2) is 36.4 Å². The Morgan fingerprint density at radius 1 is 1.09 bits per heavy atom. The van der Waals surface area contributed by atoms with Gasteiger partial charge in [-0.15, -0.1) is 12.4 Å². The summed E-state index contributed by atoms with van der Waals surface area (Å²) in [5.41, 5.74) is 1.68. The highest BCUT2D eigenvalue weighted by molar-refractivity contribution is 7.22. The van der Waals surface area contributed by atoms with Crippen LogP contribution in [0.4, 0.5) is 5.13 Å². The smallest absolute Gasteiger partial charge is 0.266 e. The van der Waals surface area contributed by atoms with E-state index < -0.39 is 0 Å². The number of benzene rings is 2. The molecule has 0 bridgehead atoms. The molecule has 10 heteroatoms. The van der Waals surface area contributed by atoms with Gasteiger partial charge in [-0.1, -0.05) is 29.5 Å². The highest BCUT2D eigenvalue weighted by Gasteiger charge is 2.23. The van der Waals surface area contributed by atoms with Gasteiger partial charge >= 0.3 is 0 Å². The third-order valence-electron chi connectivity index (χ3n) is 5.84. The molecular formula is C25H32ClN3O5S. The number of methoxy groups -OCH3 is 2. The summed E-state index contributed by atoms with van der Waals surface area (Å²) in [7, 11) is 3.24. The number of thiazole rings is 1. The maximum atomic E-state index is 13.4. The molecule has 0 unspecified atom stereocenters. The van der Waals surface area contributed by atoms with Crippen molar-refractivity contribution in [2.24, 2.45) is 0 Å². The number of halogens is 1. The van der Waals surface area contributed by atoms with Gasteiger partial charge in [-0.3, -0.25) is 14.6 Å². The minimum Gasteiger partial charge on any atom is -0.495 e. The number of aromatic nitrogens is 1. The minimum atomic E-state index is -0.137. The molecular weight excluding hydrogens is 490 g/mol. The van der Waals surface area contributed by atoms with Gasteiger partial charge in [0.1, 0.15) is 27.5 Å². The van der Waals surface area contributed by atoms with Crippen molar-refractivity contribution in [3.8, 4) is 17.2 Å². The number of anilines is 1. The molecule has 0 saturated carbocycles. The molecule has 1 fully saturated rings. The van der Waals surface area contributed by atoms with Crippen molar-refractivity contribution >= 4 is 45.0 Å². The van der Waals surface area contributed by atoms with Gasteiger partial charge in [-0.05, 0) is 37.1 Å². The Hall–Kier alpha value is -2.59. The first-order chi connectivity index (χ1) is 16.6. The molecule has 8 nitrogen and oxygen atoms in total. The largest absolute Gasteiger partial charge is 0.495 e. The first kappa shape index (κ1) is 27.0. The number of ether oxygens (including phenoxy) is 4. The van der Waals surface area contributed by atoms with Crippen molar-refractivity contribution in [2.45, 2.75) is 13.3 Å². The number of fused-ring (bicyclic) bond motifs is 1. The summed E-state index contributed by atoms with van der Waals surface area (Å²) in [5, 5.41) is 0.609. The summed E-state index contributed by atoms with van der Waals surface area (Å²) in [6.45, 7) is 6.67. The van der Waals surface area contributed by atoms with E-state index in [2.05, 4.69) is 4.90 Å². The SMILES string of the molecule is COc1ccc(OC)c2sc(N(CCCN3CCOCC3)C(=O)COc3ccccc3C)nc12.Cl. The maximum absolute atomic E-state index is 13.4. The number of carbonyl (C=O) groups is 1. The average Bonchev–Trinajstić information content (AvgIpc) is 3.31. The Kier molecular flexibility index (Phi) is 9.97. The van der Waals surface area contributed by atoms with Crippen LogP contribution >= 0.6 is 23.7 Å². The van der Waals surface area contributed by atoms with Gasteiger partial charge in [0.2, 0.25) is 0 Å². The molecule has 2 aromatic carbocycles. The minimum absolute atomic E-state index is 0. The fraction of sp³-hybridized carbons (Fsp3) is 0.440. The van der Waals surface area contributed by atoms with Gasteiger partial charge in [0.25, 0.3) is 5.91 Å². The molecule has 1 aromatic heterocycles. The van der Waals surface area contributed by atoms with Crippen LogP contribution in [0.3, 0.4) is 0 Å². The zero-order chi connectivity index (χ0) is 23.9. The average molecular weight is 522 g/mol. The molecule has 0 radical (unpaired) electrons. The van der Waals surface area contributed by atoms with Crippen molar-refractivity contribution in [3.63, 3.8) is 0 Å². The quantitative estimate of drug-likeness (QED) is 0.396. The molecule has 1 amide bonds. The summed E-state index contributed by atoms with van der Waals surface area (Å²) in [5.74, 6) is 1.92. The van der Waals surface area contributed by atoms with Crippen LogP contribution in [0.1, 0.15) is 12.0 Å². The monoisotopic (exact) mass is 521 g/mol. The van der Waals surface area contributed by atoms with Gasteiger partial charge in [0, 0.05) is 26.2 Å². The van der Waals surface area contributed by atoms with Gasteiger partial charge in [-0.25, -0.2) is 4.98 Å². The molecule has 1 aliphatic heterocycles. The molecule has 190 valence electrons. The van der Waals surface area contributed by atoms with E-state index in [1.807, 2.05) is 43.3 Å². The van der Waals surface area contributed by atoms with Crippen molar-refractivity contribution in [1.82, 2.24) is 9.88 Å². The topological polar surface area (TPSA) is 73.4 Å². The van der Waals surface area contributed by atoms with Gasteiger partial charge in [0.15, 0.2) is 11.7 Å². The second-order valence-corrected chi connectivity index (χ2v) is 9.03. The van der Waals surface area contributed by atoms with E-state index >= 15 is 0 Å². The number of amides is 1. The number of hydrogen-bond acceptors (Lipinski definition) is 8. The summed E-state index contributed by atoms with van der Waals surface area (Å²) < 4.78 is 23.2. The predicted molar refractivity (Wildman–Crippen MR) is 141 cm³/mol. The third-order valence-corrected chi connectivity index (χ3v) is 6.93. The molecule has 0 aliphatic carbocycles. The summed E-state index contributed by atoms with van der Waals surface area (Å²) in [6, 6.07) is 11.4.